The number of ether oxygens (including phenoxy) is 1. The van der Waals surface area contributed by atoms with E-state index < -0.39 is 5.97 Å². The summed E-state index contributed by atoms with van der Waals surface area (Å²) in [6.07, 6.45) is 1.60. The third-order valence-corrected chi connectivity index (χ3v) is 4.30. The summed E-state index contributed by atoms with van der Waals surface area (Å²) in [5.41, 5.74) is 0.817. The molecular weight excluding hydrogens is 308 g/mol. The maximum Gasteiger partial charge on any atom is 0.322 e. The number of nitrogens with zero attached hydrogens (tertiary/aromatic N) is 1. The molecule has 0 aromatic heterocycles. The van der Waals surface area contributed by atoms with E-state index >= 15 is 0 Å². The molecule has 1 amide bonds. The molecule has 1 aliphatic heterocycles. The van der Waals surface area contributed by atoms with Crippen LogP contribution in [-0.2, 0) is 9.53 Å². The number of hydrogen-bond acceptors (Lipinski definition) is 4. The smallest absolute Gasteiger partial charge is 0.322 e. The first-order valence-corrected chi connectivity index (χ1v) is 8.33. The summed E-state index contributed by atoms with van der Waals surface area (Å²) in [6.45, 7) is 7.07. The van der Waals surface area contributed by atoms with E-state index in [9.17, 15) is 9.59 Å². The van der Waals surface area contributed by atoms with Crippen LogP contribution in [0.25, 0.3) is 0 Å². The highest BCUT2D eigenvalue weighted by atomic mass is 16.5. The molecule has 1 aliphatic rings. The molecule has 6 heteroatoms. The monoisotopic (exact) mass is 334 g/mol. The average molecular weight is 334 g/mol. The number of nitrogens with one attached hydrogen (secondary N) is 1. The summed E-state index contributed by atoms with van der Waals surface area (Å²) in [4.78, 5) is 25.7. The molecule has 1 aromatic rings. The zero-order valence-corrected chi connectivity index (χ0v) is 14.5. The number of carbonyl (C=O) groups is 2. The molecule has 1 saturated heterocycles. The van der Waals surface area contributed by atoms with Crippen molar-refractivity contribution < 1.29 is 19.4 Å². The van der Waals surface area contributed by atoms with Gasteiger partial charge in [-0.1, -0.05) is 12.1 Å². The minimum Gasteiger partial charge on any atom is -0.480 e. The standard InChI is InChI=1S/C18H26N2O4/c1-4-20(13-9-10-24-18(2,3)11-13)17(23)14-7-5-6-8-15(14)19-12-16(21)22/h5-8,13,19H,4,9-12H2,1-3H3,(H,21,22)/t13-/m1/s1. The van der Waals surface area contributed by atoms with Gasteiger partial charge in [-0.05, 0) is 45.7 Å². The van der Waals surface area contributed by atoms with Gasteiger partial charge in [-0.3, -0.25) is 9.59 Å². The Kier molecular flexibility index (Phi) is 5.83. The fourth-order valence-corrected chi connectivity index (χ4v) is 3.18. The lowest BCUT2D eigenvalue weighted by molar-refractivity contribution is -0.134. The summed E-state index contributed by atoms with van der Waals surface area (Å²) in [7, 11) is 0. The third kappa shape index (κ3) is 4.47. The molecule has 0 aliphatic carbocycles. The fourth-order valence-electron chi connectivity index (χ4n) is 3.18. The first kappa shape index (κ1) is 18.3. The number of rotatable bonds is 6. The van der Waals surface area contributed by atoms with E-state index in [1.54, 1.807) is 24.3 Å². The number of carboxylic acid groups (broad SMARTS) is 1. The van der Waals surface area contributed by atoms with Crippen LogP contribution in [0, 0.1) is 0 Å². The molecule has 0 bridgehead atoms. The Morgan fingerprint density at radius 3 is 2.71 bits per heavy atom. The van der Waals surface area contributed by atoms with Gasteiger partial charge < -0.3 is 20.1 Å². The Balaban J connectivity index is 2.21. The molecule has 0 spiro atoms. The van der Waals surface area contributed by atoms with Crippen molar-refractivity contribution >= 4 is 17.6 Å². The van der Waals surface area contributed by atoms with E-state index in [1.807, 2.05) is 25.7 Å². The number of carbonyl (C=O) groups excluding carboxylic acids is 1. The van der Waals surface area contributed by atoms with Gasteiger partial charge in [0, 0.05) is 24.9 Å². The van der Waals surface area contributed by atoms with Crippen LogP contribution in [0.2, 0.25) is 0 Å². The second kappa shape index (κ2) is 7.66. The summed E-state index contributed by atoms with van der Waals surface area (Å²) < 4.78 is 5.75. The van der Waals surface area contributed by atoms with E-state index in [-0.39, 0.29) is 24.1 Å². The number of para-hydroxylation sites is 1. The van der Waals surface area contributed by atoms with Crippen molar-refractivity contribution in [2.75, 3.05) is 25.0 Å². The number of amides is 1. The predicted molar refractivity (Wildman–Crippen MR) is 92.3 cm³/mol. The van der Waals surface area contributed by atoms with Crippen molar-refractivity contribution in [2.45, 2.75) is 45.3 Å². The Hall–Kier alpha value is -2.08. The summed E-state index contributed by atoms with van der Waals surface area (Å²) in [5, 5.41) is 11.7. The first-order valence-electron chi connectivity index (χ1n) is 8.33. The van der Waals surface area contributed by atoms with Crippen LogP contribution in [0.4, 0.5) is 5.69 Å². The van der Waals surface area contributed by atoms with E-state index in [4.69, 9.17) is 9.84 Å². The van der Waals surface area contributed by atoms with Gasteiger partial charge >= 0.3 is 5.97 Å². The van der Waals surface area contributed by atoms with Crippen LogP contribution >= 0.6 is 0 Å². The first-order chi connectivity index (χ1) is 11.3. The van der Waals surface area contributed by atoms with Gasteiger partial charge in [0.2, 0.25) is 0 Å². The molecule has 24 heavy (non-hydrogen) atoms. The van der Waals surface area contributed by atoms with Crippen LogP contribution in [-0.4, -0.2) is 53.2 Å². The summed E-state index contributed by atoms with van der Waals surface area (Å²) in [6, 6.07) is 7.17. The van der Waals surface area contributed by atoms with Gasteiger partial charge in [-0.25, -0.2) is 0 Å². The van der Waals surface area contributed by atoms with E-state index in [1.165, 1.54) is 0 Å². The van der Waals surface area contributed by atoms with Crippen LogP contribution in [0.5, 0.6) is 0 Å². The highest BCUT2D eigenvalue weighted by Crippen LogP contribution is 2.29. The normalized spacial score (nSPS) is 19.5. The van der Waals surface area contributed by atoms with E-state index in [2.05, 4.69) is 5.32 Å². The number of carboxylic acids is 1. The van der Waals surface area contributed by atoms with Crippen LogP contribution in [0.1, 0.15) is 44.0 Å². The summed E-state index contributed by atoms with van der Waals surface area (Å²) >= 11 is 0. The molecule has 0 radical (unpaired) electrons. The van der Waals surface area contributed by atoms with Crippen molar-refractivity contribution in [3.63, 3.8) is 0 Å². The molecule has 6 nitrogen and oxygen atoms in total. The molecule has 2 rings (SSSR count). The van der Waals surface area contributed by atoms with Crippen molar-refractivity contribution in [3.8, 4) is 0 Å². The largest absolute Gasteiger partial charge is 0.480 e. The van der Waals surface area contributed by atoms with Crippen molar-refractivity contribution in [2.24, 2.45) is 0 Å². The highest BCUT2D eigenvalue weighted by molar-refractivity contribution is 6.00. The summed E-state index contributed by atoms with van der Waals surface area (Å²) in [5.74, 6) is -1.04. The van der Waals surface area contributed by atoms with Gasteiger partial charge in [0.25, 0.3) is 5.91 Å². The minimum absolute atomic E-state index is 0.0753. The number of benzene rings is 1. The van der Waals surface area contributed by atoms with Crippen molar-refractivity contribution in [1.82, 2.24) is 4.90 Å². The Bertz CT molecular complexity index is 600. The van der Waals surface area contributed by atoms with Gasteiger partial charge in [0.1, 0.15) is 6.54 Å². The second-order valence-corrected chi connectivity index (χ2v) is 6.64. The molecule has 1 atom stereocenters. The van der Waals surface area contributed by atoms with Crippen molar-refractivity contribution in [1.29, 1.82) is 0 Å². The predicted octanol–water partition coefficient (Wildman–Crippen LogP) is 2.60. The molecule has 1 fully saturated rings. The Morgan fingerprint density at radius 1 is 1.38 bits per heavy atom. The van der Waals surface area contributed by atoms with Gasteiger partial charge in [-0.15, -0.1) is 0 Å². The van der Waals surface area contributed by atoms with Crippen LogP contribution < -0.4 is 5.32 Å². The fraction of sp³-hybridized carbons (Fsp3) is 0.556. The van der Waals surface area contributed by atoms with Gasteiger partial charge in [0.05, 0.1) is 11.2 Å². The molecule has 0 saturated carbocycles. The van der Waals surface area contributed by atoms with Gasteiger partial charge in [0.15, 0.2) is 0 Å². The topological polar surface area (TPSA) is 78.9 Å². The molecule has 2 N–H and O–H groups in total. The maximum atomic E-state index is 13.0. The maximum absolute atomic E-state index is 13.0. The molecule has 1 heterocycles. The Labute approximate surface area is 142 Å². The average Bonchev–Trinajstić information content (AvgIpc) is 2.53. The SMILES string of the molecule is CCN(C(=O)c1ccccc1NCC(=O)O)[C@@H]1CCOC(C)(C)C1. The lowest BCUT2D eigenvalue weighted by atomic mass is 9.92. The Morgan fingerprint density at radius 2 is 2.08 bits per heavy atom. The number of anilines is 1. The minimum atomic E-state index is -0.962. The quantitative estimate of drug-likeness (QED) is 0.836. The van der Waals surface area contributed by atoms with E-state index in [0.717, 1.165) is 12.8 Å². The van der Waals surface area contributed by atoms with Crippen molar-refractivity contribution in [3.05, 3.63) is 29.8 Å². The van der Waals surface area contributed by atoms with E-state index in [0.29, 0.717) is 24.4 Å². The number of aliphatic carboxylic acids is 1. The third-order valence-electron chi connectivity index (χ3n) is 4.30. The van der Waals surface area contributed by atoms with Gasteiger partial charge in [-0.2, -0.15) is 0 Å². The zero-order valence-electron chi connectivity index (χ0n) is 14.5. The molecule has 1 aromatic carbocycles. The molecule has 132 valence electrons. The molecule has 0 unspecified atom stereocenters. The second-order valence-electron chi connectivity index (χ2n) is 6.64. The van der Waals surface area contributed by atoms with Crippen LogP contribution in [0.15, 0.2) is 24.3 Å². The van der Waals surface area contributed by atoms with Crippen LogP contribution in [0.3, 0.4) is 0 Å². The lowest BCUT2D eigenvalue weighted by Crippen LogP contribution is -2.48. The highest BCUT2D eigenvalue weighted by Gasteiger charge is 2.34. The zero-order chi connectivity index (χ0) is 17.7. The lowest BCUT2D eigenvalue weighted by Gasteiger charge is -2.41. The molecular formula is C18H26N2O4. The number of hydrogen-bond donors (Lipinski definition) is 2.